The molecule has 2 rings (SSSR count). The Morgan fingerprint density at radius 1 is 1.33 bits per heavy atom. The van der Waals surface area contributed by atoms with E-state index in [4.69, 9.17) is 4.74 Å². The standard InChI is InChI=1S/C11H10N2O2/c1-8(14)15-7-9-6-12-10-4-2-3-5-11(10)13-9/h2-6H,7H2,1H3. The summed E-state index contributed by atoms with van der Waals surface area (Å²) in [7, 11) is 0. The number of carbonyl (C=O) groups excluding carboxylic acids is 1. The molecule has 0 atom stereocenters. The van der Waals surface area contributed by atoms with Gasteiger partial charge in [-0.15, -0.1) is 0 Å². The number of aromatic nitrogens is 2. The van der Waals surface area contributed by atoms with E-state index >= 15 is 0 Å². The van der Waals surface area contributed by atoms with Crippen molar-refractivity contribution in [2.24, 2.45) is 0 Å². The number of rotatable bonds is 2. The molecule has 0 unspecified atom stereocenters. The smallest absolute Gasteiger partial charge is 0.303 e. The molecule has 0 saturated carbocycles. The molecule has 0 fully saturated rings. The van der Waals surface area contributed by atoms with Crippen LogP contribution in [0.25, 0.3) is 11.0 Å². The van der Waals surface area contributed by atoms with E-state index in [-0.39, 0.29) is 12.6 Å². The number of benzene rings is 1. The van der Waals surface area contributed by atoms with Gasteiger partial charge in [-0.25, -0.2) is 4.98 Å². The van der Waals surface area contributed by atoms with Gasteiger partial charge in [0, 0.05) is 6.92 Å². The molecule has 1 heterocycles. The number of nitrogens with zero attached hydrogens (tertiary/aromatic N) is 2. The van der Waals surface area contributed by atoms with Crippen molar-refractivity contribution in [3.63, 3.8) is 0 Å². The molecule has 0 aliphatic heterocycles. The van der Waals surface area contributed by atoms with Crippen molar-refractivity contribution in [2.75, 3.05) is 0 Å². The minimum atomic E-state index is -0.315. The highest BCUT2D eigenvalue weighted by Gasteiger charge is 2.00. The van der Waals surface area contributed by atoms with E-state index in [2.05, 4.69) is 9.97 Å². The monoisotopic (exact) mass is 202 g/mol. The summed E-state index contributed by atoms with van der Waals surface area (Å²) in [5, 5.41) is 0. The first kappa shape index (κ1) is 9.58. The molecule has 15 heavy (non-hydrogen) atoms. The largest absolute Gasteiger partial charge is 0.459 e. The van der Waals surface area contributed by atoms with Crippen LogP contribution in [0.5, 0.6) is 0 Å². The van der Waals surface area contributed by atoms with E-state index in [1.54, 1.807) is 6.20 Å². The van der Waals surface area contributed by atoms with Crippen LogP contribution in [0.1, 0.15) is 12.6 Å². The van der Waals surface area contributed by atoms with Crippen LogP contribution in [0, 0.1) is 0 Å². The van der Waals surface area contributed by atoms with Gasteiger partial charge >= 0.3 is 5.97 Å². The molecule has 0 saturated heterocycles. The molecule has 0 spiro atoms. The Hall–Kier alpha value is -1.97. The fourth-order valence-electron chi connectivity index (χ4n) is 1.24. The molecule has 1 aromatic carbocycles. The van der Waals surface area contributed by atoms with Crippen LogP contribution >= 0.6 is 0 Å². The van der Waals surface area contributed by atoms with Crippen molar-refractivity contribution in [1.29, 1.82) is 0 Å². The van der Waals surface area contributed by atoms with Crippen LogP contribution in [-0.2, 0) is 16.1 Å². The van der Waals surface area contributed by atoms with Gasteiger partial charge in [-0.2, -0.15) is 0 Å². The summed E-state index contributed by atoms with van der Waals surface area (Å²) in [4.78, 5) is 19.1. The highest BCUT2D eigenvalue weighted by molar-refractivity contribution is 5.73. The van der Waals surface area contributed by atoms with Crippen LogP contribution in [0.2, 0.25) is 0 Å². The molecule has 4 nitrogen and oxygen atoms in total. The summed E-state index contributed by atoms with van der Waals surface area (Å²) in [5.74, 6) is -0.315. The zero-order valence-corrected chi connectivity index (χ0v) is 8.30. The van der Waals surface area contributed by atoms with Gasteiger partial charge in [-0.05, 0) is 12.1 Å². The Morgan fingerprint density at radius 2 is 2.07 bits per heavy atom. The summed E-state index contributed by atoms with van der Waals surface area (Å²) in [5.41, 5.74) is 2.30. The number of hydrogen-bond acceptors (Lipinski definition) is 4. The maximum Gasteiger partial charge on any atom is 0.303 e. The van der Waals surface area contributed by atoms with Crippen molar-refractivity contribution in [2.45, 2.75) is 13.5 Å². The van der Waals surface area contributed by atoms with Gasteiger partial charge in [0.25, 0.3) is 0 Å². The van der Waals surface area contributed by atoms with Gasteiger partial charge in [0.2, 0.25) is 0 Å². The van der Waals surface area contributed by atoms with Gasteiger partial charge < -0.3 is 4.74 Å². The first-order chi connectivity index (χ1) is 7.25. The number of ether oxygens (including phenoxy) is 1. The molecular formula is C11H10N2O2. The van der Waals surface area contributed by atoms with Crippen LogP contribution in [0.15, 0.2) is 30.5 Å². The average molecular weight is 202 g/mol. The second kappa shape index (κ2) is 4.04. The van der Waals surface area contributed by atoms with E-state index in [0.29, 0.717) is 5.69 Å². The van der Waals surface area contributed by atoms with E-state index in [0.717, 1.165) is 11.0 Å². The molecule has 0 radical (unpaired) electrons. The number of hydrogen-bond donors (Lipinski definition) is 0. The Kier molecular flexibility index (Phi) is 2.58. The number of esters is 1. The lowest BCUT2D eigenvalue weighted by Gasteiger charge is -2.02. The lowest BCUT2D eigenvalue weighted by atomic mass is 10.3. The summed E-state index contributed by atoms with van der Waals surface area (Å²) in [6.45, 7) is 1.54. The van der Waals surface area contributed by atoms with Crippen LogP contribution in [-0.4, -0.2) is 15.9 Å². The molecular weight excluding hydrogens is 192 g/mol. The minimum Gasteiger partial charge on any atom is -0.459 e. The molecule has 0 bridgehead atoms. The van der Waals surface area contributed by atoms with Gasteiger partial charge in [0.1, 0.15) is 6.61 Å². The summed E-state index contributed by atoms with van der Waals surface area (Å²) < 4.78 is 4.84. The number of carbonyl (C=O) groups is 1. The summed E-state index contributed by atoms with van der Waals surface area (Å²) >= 11 is 0. The lowest BCUT2D eigenvalue weighted by Crippen LogP contribution is -2.01. The SMILES string of the molecule is CC(=O)OCc1cnc2ccccc2n1. The third kappa shape index (κ3) is 2.28. The van der Waals surface area contributed by atoms with Crippen LogP contribution in [0.4, 0.5) is 0 Å². The van der Waals surface area contributed by atoms with Gasteiger partial charge in [0.15, 0.2) is 0 Å². The Labute approximate surface area is 86.9 Å². The fraction of sp³-hybridized carbons (Fsp3) is 0.182. The molecule has 0 N–H and O–H groups in total. The van der Waals surface area contributed by atoms with Crippen LogP contribution in [0.3, 0.4) is 0 Å². The van der Waals surface area contributed by atoms with Crippen molar-refractivity contribution in [3.05, 3.63) is 36.2 Å². The average Bonchev–Trinajstić information content (AvgIpc) is 2.26. The number of para-hydroxylation sites is 2. The minimum absolute atomic E-state index is 0.174. The summed E-state index contributed by atoms with van der Waals surface area (Å²) in [6.07, 6.45) is 1.62. The molecule has 2 aromatic rings. The highest BCUT2D eigenvalue weighted by atomic mass is 16.5. The predicted octanol–water partition coefficient (Wildman–Crippen LogP) is 1.69. The number of fused-ring (bicyclic) bond motifs is 1. The zero-order chi connectivity index (χ0) is 10.7. The molecule has 1 aromatic heterocycles. The molecule has 0 aliphatic carbocycles. The topological polar surface area (TPSA) is 52.1 Å². The van der Waals surface area contributed by atoms with Gasteiger partial charge in [0.05, 0.1) is 22.9 Å². The maximum absolute atomic E-state index is 10.6. The first-order valence-corrected chi connectivity index (χ1v) is 4.60. The Balaban J connectivity index is 2.26. The summed E-state index contributed by atoms with van der Waals surface area (Å²) in [6, 6.07) is 7.56. The Morgan fingerprint density at radius 3 is 2.80 bits per heavy atom. The molecule has 4 heteroatoms. The van der Waals surface area contributed by atoms with Crippen molar-refractivity contribution in [3.8, 4) is 0 Å². The van der Waals surface area contributed by atoms with E-state index < -0.39 is 0 Å². The van der Waals surface area contributed by atoms with Gasteiger partial charge in [-0.1, -0.05) is 12.1 Å². The third-order valence-corrected chi connectivity index (χ3v) is 1.92. The van der Waals surface area contributed by atoms with E-state index in [1.807, 2.05) is 24.3 Å². The fourth-order valence-corrected chi connectivity index (χ4v) is 1.24. The second-order valence-electron chi connectivity index (χ2n) is 3.13. The highest BCUT2D eigenvalue weighted by Crippen LogP contribution is 2.08. The van der Waals surface area contributed by atoms with Gasteiger partial charge in [-0.3, -0.25) is 9.78 Å². The Bertz CT molecular complexity index is 497. The van der Waals surface area contributed by atoms with Crippen molar-refractivity contribution < 1.29 is 9.53 Å². The molecule has 0 aliphatic rings. The molecule has 76 valence electrons. The van der Waals surface area contributed by atoms with Crippen molar-refractivity contribution >= 4 is 17.0 Å². The molecule has 0 amide bonds. The lowest BCUT2D eigenvalue weighted by molar-refractivity contribution is -0.142. The third-order valence-electron chi connectivity index (χ3n) is 1.92. The van der Waals surface area contributed by atoms with E-state index in [1.165, 1.54) is 6.92 Å². The van der Waals surface area contributed by atoms with Crippen molar-refractivity contribution in [1.82, 2.24) is 9.97 Å². The first-order valence-electron chi connectivity index (χ1n) is 4.60. The quantitative estimate of drug-likeness (QED) is 0.695. The predicted molar refractivity (Wildman–Crippen MR) is 55.0 cm³/mol. The van der Waals surface area contributed by atoms with E-state index in [9.17, 15) is 4.79 Å². The normalized spacial score (nSPS) is 10.2. The second-order valence-corrected chi connectivity index (χ2v) is 3.13. The maximum atomic E-state index is 10.6. The zero-order valence-electron chi connectivity index (χ0n) is 8.30. The van der Waals surface area contributed by atoms with Crippen LogP contribution < -0.4 is 0 Å².